The second-order valence-electron chi connectivity index (χ2n) is 12.8. The molecular formula is C28H41NO3. The van der Waals surface area contributed by atoms with E-state index in [1.165, 1.54) is 63.7 Å². The number of aliphatic hydroxyl groups excluding tert-OH is 1. The minimum Gasteiger partial charge on any atom is -0.493 e. The molecule has 4 heteroatoms. The summed E-state index contributed by atoms with van der Waals surface area (Å²) in [6.45, 7) is 10.2. The van der Waals surface area contributed by atoms with Crippen molar-refractivity contribution in [3.05, 3.63) is 23.8 Å². The molecule has 7 rings (SSSR count). The molecule has 1 aromatic rings. The molecule has 6 unspecified atom stereocenters. The average molecular weight is 440 g/mol. The Bertz CT molecular complexity index is 889. The van der Waals surface area contributed by atoms with E-state index in [4.69, 9.17) is 9.47 Å². The van der Waals surface area contributed by atoms with E-state index < -0.39 is 0 Å². The topological polar surface area (TPSA) is 41.9 Å². The summed E-state index contributed by atoms with van der Waals surface area (Å²) in [5.41, 5.74) is 1.59. The van der Waals surface area contributed by atoms with Gasteiger partial charge in [-0.25, -0.2) is 0 Å². The highest BCUT2D eigenvalue weighted by atomic mass is 16.5. The number of rotatable bonds is 5. The SMILES string of the molecule is COc1cccc2c1OC1C3CCC4(CN(CC5CC5)CCC214)C(CC(O)C(C)(C)C)C3. The van der Waals surface area contributed by atoms with Crippen LogP contribution in [0.1, 0.15) is 71.3 Å². The predicted molar refractivity (Wildman–Crippen MR) is 126 cm³/mol. The van der Waals surface area contributed by atoms with E-state index in [0.29, 0.717) is 11.8 Å². The summed E-state index contributed by atoms with van der Waals surface area (Å²) in [7, 11) is 1.77. The molecule has 176 valence electrons. The van der Waals surface area contributed by atoms with Crippen LogP contribution in [-0.2, 0) is 5.41 Å². The number of nitrogens with zero attached hydrogens (tertiary/aromatic N) is 1. The van der Waals surface area contributed by atoms with Crippen LogP contribution in [0.5, 0.6) is 11.5 Å². The summed E-state index contributed by atoms with van der Waals surface area (Å²) in [6.07, 6.45) is 8.68. The molecule has 0 amide bonds. The number of hydrogen-bond donors (Lipinski definition) is 1. The maximum atomic E-state index is 11.2. The zero-order valence-electron chi connectivity index (χ0n) is 20.4. The van der Waals surface area contributed by atoms with E-state index >= 15 is 0 Å². The van der Waals surface area contributed by atoms with E-state index in [1.54, 1.807) is 7.11 Å². The van der Waals surface area contributed by atoms with Gasteiger partial charge in [0.1, 0.15) is 6.10 Å². The molecule has 2 aliphatic heterocycles. The fourth-order valence-electron chi connectivity index (χ4n) is 8.25. The highest BCUT2D eigenvalue weighted by Gasteiger charge is 2.72. The van der Waals surface area contributed by atoms with Crippen molar-refractivity contribution in [1.29, 1.82) is 0 Å². The Kier molecular flexibility index (Phi) is 4.74. The van der Waals surface area contributed by atoms with Gasteiger partial charge in [0.15, 0.2) is 11.5 Å². The van der Waals surface area contributed by atoms with Gasteiger partial charge in [0.2, 0.25) is 0 Å². The number of aliphatic hydroxyl groups is 1. The number of likely N-dealkylation sites (tertiary alicyclic amines) is 1. The second-order valence-corrected chi connectivity index (χ2v) is 12.8. The van der Waals surface area contributed by atoms with Gasteiger partial charge in [-0.15, -0.1) is 0 Å². The molecule has 6 atom stereocenters. The summed E-state index contributed by atoms with van der Waals surface area (Å²) in [5.74, 6) is 3.97. The van der Waals surface area contributed by atoms with Crippen molar-refractivity contribution in [2.24, 2.45) is 28.6 Å². The summed E-state index contributed by atoms with van der Waals surface area (Å²) >= 11 is 0. The number of methoxy groups -OCH3 is 1. The monoisotopic (exact) mass is 439 g/mol. The van der Waals surface area contributed by atoms with Crippen LogP contribution in [-0.4, -0.2) is 49.0 Å². The lowest BCUT2D eigenvalue weighted by Crippen LogP contribution is -2.72. The van der Waals surface area contributed by atoms with E-state index in [1.807, 2.05) is 0 Å². The number of ether oxygens (including phenoxy) is 2. The smallest absolute Gasteiger partial charge is 0.165 e. The third-order valence-electron chi connectivity index (χ3n) is 10.1. The van der Waals surface area contributed by atoms with Gasteiger partial charge >= 0.3 is 0 Å². The standard InChI is InChI=1S/C28H41NO3/c1-26(2,3)23(30)15-20-14-19-10-11-27(20)17-29(16-18-8-9-18)13-12-28(27)21-6-5-7-22(31-4)24(21)32-25(19)28/h5-7,18-20,23,25,30H,8-17H2,1-4H3. The van der Waals surface area contributed by atoms with Gasteiger partial charge in [-0.2, -0.15) is 0 Å². The van der Waals surface area contributed by atoms with Crippen molar-refractivity contribution in [2.45, 2.75) is 83.3 Å². The Morgan fingerprint density at radius 1 is 1.22 bits per heavy atom. The molecule has 2 bridgehead atoms. The van der Waals surface area contributed by atoms with Gasteiger partial charge in [-0.05, 0) is 86.1 Å². The number of benzene rings is 1. The molecule has 4 nitrogen and oxygen atoms in total. The lowest BCUT2D eigenvalue weighted by molar-refractivity contribution is -0.187. The molecular weight excluding hydrogens is 398 g/mol. The van der Waals surface area contributed by atoms with Crippen molar-refractivity contribution in [3.63, 3.8) is 0 Å². The van der Waals surface area contributed by atoms with Gasteiger partial charge in [-0.3, -0.25) is 0 Å². The number of para-hydroxylation sites is 1. The van der Waals surface area contributed by atoms with Crippen LogP contribution in [0.4, 0.5) is 0 Å². The minimum absolute atomic E-state index is 0.0698. The third-order valence-corrected chi connectivity index (χ3v) is 10.1. The van der Waals surface area contributed by atoms with Crippen LogP contribution >= 0.6 is 0 Å². The van der Waals surface area contributed by atoms with Crippen molar-refractivity contribution >= 4 is 0 Å². The molecule has 5 fully saturated rings. The molecule has 32 heavy (non-hydrogen) atoms. The normalized spacial score (nSPS) is 39.1. The zero-order chi connectivity index (χ0) is 22.3. The Balaban J connectivity index is 1.46. The highest BCUT2D eigenvalue weighted by molar-refractivity contribution is 5.57. The van der Waals surface area contributed by atoms with E-state index in [2.05, 4.69) is 43.9 Å². The number of fused-ring (bicyclic) bond motifs is 3. The molecule has 1 saturated heterocycles. The summed E-state index contributed by atoms with van der Waals surface area (Å²) in [5, 5.41) is 11.2. The molecule has 0 radical (unpaired) electrons. The Morgan fingerprint density at radius 3 is 2.75 bits per heavy atom. The second kappa shape index (κ2) is 7.12. The highest BCUT2D eigenvalue weighted by Crippen LogP contribution is 2.72. The fraction of sp³-hybridized carbons (Fsp3) is 0.786. The van der Waals surface area contributed by atoms with E-state index in [-0.39, 0.29) is 28.5 Å². The van der Waals surface area contributed by atoms with E-state index in [0.717, 1.165) is 23.8 Å². The van der Waals surface area contributed by atoms with Crippen molar-refractivity contribution in [1.82, 2.24) is 4.90 Å². The lowest BCUT2D eigenvalue weighted by Gasteiger charge is -2.68. The van der Waals surface area contributed by atoms with Crippen LogP contribution in [0.15, 0.2) is 18.2 Å². The fourth-order valence-corrected chi connectivity index (χ4v) is 8.25. The van der Waals surface area contributed by atoms with Gasteiger partial charge in [0.25, 0.3) is 0 Å². The third kappa shape index (κ3) is 2.87. The summed E-state index contributed by atoms with van der Waals surface area (Å²) in [4.78, 5) is 2.79. The summed E-state index contributed by atoms with van der Waals surface area (Å²) in [6, 6.07) is 6.57. The molecule has 2 heterocycles. The van der Waals surface area contributed by atoms with Crippen molar-refractivity contribution in [2.75, 3.05) is 26.7 Å². The first-order chi connectivity index (χ1) is 15.3. The van der Waals surface area contributed by atoms with Crippen LogP contribution < -0.4 is 9.47 Å². The van der Waals surface area contributed by atoms with Crippen molar-refractivity contribution < 1.29 is 14.6 Å². The van der Waals surface area contributed by atoms with Crippen LogP contribution in [0.3, 0.4) is 0 Å². The van der Waals surface area contributed by atoms with Gasteiger partial charge in [0, 0.05) is 24.1 Å². The molecule has 4 saturated carbocycles. The van der Waals surface area contributed by atoms with Gasteiger partial charge in [-0.1, -0.05) is 32.9 Å². The van der Waals surface area contributed by atoms with Crippen molar-refractivity contribution in [3.8, 4) is 11.5 Å². The predicted octanol–water partition coefficient (Wildman–Crippen LogP) is 5.02. The first kappa shape index (κ1) is 21.3. The van der Waals surface area contributed by atoms with Crippen LogP contribution in [0.25, 0.3) is 0 Å². The van der Waals surface area contributed by atoms with Crippen LogP contribution in [0.2, 0.25) is 0 Å². The minimum atomic E-state index is -0.261. The first-order valence-corrected chi connectivity index (χ1v) is 13.0. The summed E-state index contributed by atoms with van der Waals surface area (Å²) < 4.78 is 12.6. The molecule has 1 aromatic carbocycles. The zero-order valence-corrected chi connectivity index (χ0v) is 20.4. The maximum absolute atomic E-state index is 11.2. The molecule has 6 aliphatic rings. The molecule has 1 N–H and O–H groups in total. The Morgan fingerprint density at radius 2 is 2.03 bits per heavy atom. The Hall–Kier alpha value is -1.26. The largest absolute Gasteiger partial charge is 0.493 e. The molecule has 0 aromatic heterocycles. The van der Waals surface area contributed by atoms with E-state index in [9.17, 15) is 5.11 Å². The molecule has 2 spiro atoms. The lowest BCUT2D eigenvalue weighted by atomic mass is 9.38. The van der Waals surface area contributed by atoms with Gasteiger partial charge in [0.05, 0.1) is 13.2 Å². The first-order valence-electron chi connectivity index (χ1n) is 13.0. The Labute approximate surface area is 193 Å². The quantitative estimate of drug-likeness (QED) is 0.699. The maximum Gasteiger partial charge on any atom is 0.165 e. The number of piperidine rings is 1. The van der Waals surface area contributed by atoms with Gasteiger partial charge < -0.3 is 19.5 Å². The molecule has 4 aliphatic carbocycles. The van der Waals surface area contributed by atoms with Crippen LogP contribution in [0, 0.1) is 28.6 Å². The number of hydrogen-bond acceptors (Lipinski definition) is 4. The average Bonchev–Trinajstić information content (AvgIpc) is 3.50.